The highest BCUT2D eigenvalue weighted by Crippen LogP contribution is 2.43. The predicted molar refractivity (Wildman–Crippen MR) is 62.8 cm³/mol. The van der Waals surface area contributed by atoms with Gasteiger partial charge in [0.15, 0.2) is 0 Å². The highest BCUT2D eigenvalue weighted by Gasteiger charge is 2.37. The second-order valence-corrected chi connectivity index (χ2v) is 5.95. The third-order valence-electron chi connectivity index (χ3n) is 3.45. The Morgan fingerprint density at radius 1 is 1.40 bits per heavy atom. The van der Waals surface area contributed by atoms with Gasteiger partial charge >= 0.3 is 0 Å². The van der Waals surface area contributed by atoms with Crippen LogP contribution in [0.1, 0.15) is 52.7 Å². The number of nitrogens with zero attached hydrogens (tertiary/aromatic N) is 2. The first-order valence-electron chi connectivity index (χ1n) is 5.69. The normalized spacial score (nSPS) is 20.0. The fraction of sp³-hybridized carbons (Fsp3) is 0.750. The van der Waals surface area contributed by atoms with E-state index in [0.717, 1.165) is 5.82 Å². The number of anilines is 1. The molecule has 1 aliphatic carbocycles. The highest BCUT2D eigenvalue weighted by molar-refractivity contribution is 5.36. The lowest BCUT2D eigenvalue weighted by Crippen LogP contribution is -2.32. The zero-order valence-electron chi connectivity index (χ0n) is 10.2. The molecule has 0 atom stereocenters. The van der Waals surface area contributed by atoms with E-state index < -0.39 is 0 Å². The highest BCUT2D eigenvalue weighted by atomic mass is 15.3. The summed E-state index contributed by atoms with van der Waals surface area (Å²) < 4.78 is 1.94. The summed E-state index contributed by atoms with van der Waals surface area (Å²) in [5.41, 5.74) is 7.43. The van der Waals surface area contributed by atoms with Gasteiger partial charge in [-0.05, 0) is 33.6 Å². The van der Waals surface area contributed by atoms with Crippen molar-refractivity contribution in [3.8, 4) is 0 Å². The largest absolute Gasteiger partial charge is 0.384 e. The fourth-order valence-corrected chi connectivity index (χ4v) is 2.19. The number of rotatable bonds is 1. The summed E-state index contributed by atoms with van der Waals surface area (Å²) >= 11 is 0. The summed E-state index contributed by atoms with van der Waals surface area (Å²) in [7, 11) is 0. The van der Waals surface area contributed by atoms with Gasteiger partial charge < -0.3 is 5.73 Å². The summed E-state index contributed by atoms with van der Waals surface area (Å²) in [5.74, 6) is 0.783. The first-order valence-corrected chi connectivity index (χ1v) is 5.69. The Bertz CT molecular complexity index is 367. The van der Waals surface area contributed by atoms with Gasteiger partial charge in [-0.2, -0.15) is 5.10 Å². The van der Waals surface area contributed by atoms with Crippen molar-refractivity contribution in [1.82, 2.24) is 9.78 Å². The maximum Gasteiger partial charge on any atom is 0.122 e. The molecule has 2 N–H and O–H groups in total. The number of aromatic nitrogens is 2. The first kappa shape index (κ1) is 10.5. The average molecular weight is 207 g/mol. The average Bonchev–Trinajstić information content (AvgIpc) is 2.42. The van der Waals surface area contributed by atoms with Crippen molar-refractivity contribution in [2.24, 2.45) is 0 Å². The molecule has 1 aliphatic rings. The van der Waals surface area contributed by atoms with Gasteiger partial charge in [-0.1, -0.05) is 13.3 Å². The van der Waals surface area contributed by atoms with Crippen LogP contribution in [0.5, 0.6) is 0 Å². The van der Waals surface area contributed by atoms with E-state index in [-0.39, 0.29) is 11.0 Å². The molecule has 0 aromatic carbocycles. The number of nitrogen functional groups attached to an aromatic ring is 1. The summed E-state index contributed by atoms with van der Waals surface area (Å²) in [6.45, 7) is 8.67. The van der Waals surface area contributed by atoms with Crippen LogP contribution >= 0.6 is 0 Å². The topological polar surface area (TPSA) is 43.8 Å². The molecular weight excluding hydrogens is 186 g/mol. The van der Waals surface area contributed by atoms with Crippen molar-refractivity contribution in [1.29, 1.82) is 0 Å². The lowest BCUT2D eigenvalue weighted by molar-refractivity contribution is 0.256. The van der Waals surface area contributed by atoms with Gasteiger partial charge in [0.05, 0.1) is 11.2 Å². The molecule has 3 heteroatoms. The molecule has 1 aromatic rings. The van der Waals surface area contributed by atoms with E-state index in [9.17, 15) is 0 Å². The lowest BCUT2D eigenvalue weighted by Gasteiger charge is -2.36. The van der Waals surface area contributed by atoms with E-state index in [1.807, 2.05) is 10.7 Å². The smallest absolute Gasteiger partial charge is 0.122 e. The molecule has 2 rings (SSSR count). The van der Waals surface area contributed by atoms with Gasteiger partial charge in [-0.15, -0.1) is 0 Å². The fourth-order valence-electron chi connectivity index (χ4n) is 2.19. The Morgan fingerprint density at radius 3 is 2.33 bits per heavy atom. The van der Waals surface area contributed by atoms with Crippen LogP contribution in [-0.4, -0.2) is 9.78 Å². The van der Waals surface area contributed by atoms with Gasteiger partial charge in [0, 0.05) is 11.5 Å². The van der Waals surface area contributed by atoms with Crippen LogP contribution in [0.25, 0.3) is 0 Å². The molecule has 1 fully saturated rings. The minimum Gasteiger partial charge on any atom is -0.384 e. The first-order chi connectivity index (χ1) is 6.83. The Kier molecular flexibility index (Phi) is 2.11. The zero-order valence-corrected chi connectivity index (χ0v) is 10.2. The van der Waals surface area contributed by atoms with Crippen molar-refractivity contribution >= 4 is 5.82 Å². The monoisotopic (exact) mass is 207 g/mol. The maximum absolute atomic E-state index is 6.00. The van der Waals surface area contributed by atoms with Crippen LogP contribution in [0.2, 0.25) is 0 Å². The predicted octanol–water partition coefficient (Wildman–Crippen LogP) is 2.66. The maximum atomic E-state index is 6.00. The van der Waals surface area contributed by atoms with Crippen molar-refractivity contribution in [2.75, 3.05) is 5.73 Å². The molecule has 0 spiro atoms. The van der Waals surface area contributed by atoms with E-state index in [2.05, 4.69) is 32.8 Å². The van der Waals surface area contributed by atoms with Crippen LogP contribution < -0.4 is 5.73 Å². The molecule has 0 bridgehead atoms. The third kappa shape index (κ3) is 1.64. The molecule has 1 aromatic heterocycles. The summed E-state index contributed by atoms with van der Waals surface area (Å²) in [4.78, 5) is 0. The lowest BCUT2D eigenvalue weighted by atomic mass is 9.68. The van der Waals surface area contributed by atoms with E-state index in [4.69, 9.17) is 5.73 Å². The molecule has 15 heavy (non-hydrogen) atoms. The van der Waals surface area contributed by atoms with E-state index >= 15 is 0 Å². The van der Waals surface area contributed by atoms with Crippen LogP contribution in [0.4, 0.5) is 5.82 Å². The Hall–Kier alpha value is -0.990. The Balaban J connectivity index is 2.37. The second kappa shape index (κ2) is 3.00. The van der Waals surface area contributed by atoms with Gasteiger partial charge in [0.25, 0.3) is 0 Å². The molecule has 1 saturated carbocycles. The van der Waals surface area contributed by atoms with Crippen LogP contribution in [0.15, 0.2) is 6.07 Å². The number of nitrogens with two attached hydrogens (primary N) is 1. The summed E-state index contributed by atoms with van der Waals surface area (Å²) in [6, 6.07) is 2.05. The molecule has 0 aliphatic heterocycles. The number of hydrogen-bond donors (Lipinski definition) is 1. The number of hydrogen-bond acceptors (Lipinski definition) is 2. The van der Waals surface area contributed by atoms with E-state index in [1.54, 1.807) is 0 Å². The van der Waals surface area contributed by atoms with Crippen molar-refractivity contribution in [3.63, 3.8) is 0 Å². The van der Waals surface area contributed by atoms with Crippen LogP contribution in [0.3, 0.4) is 0 Å². The standard InChI is InChI=1S/C12H21N3/c1-11(2,3)15-10(13)8-9(14-15)12(4)6-5-7-12/h8H,5-7,13H2,1-4H3. The quantitative estimate of drug-likeness (QED) is 0.769. The molecule has 1 heterocycles. The second-order valence-electron chi connectivity index (χ2n) is 5.95. The Morgan fingerprint density at radius 2 is 2.00 bits per heavy atom. The summed E-state index contributed by atoms with van der Waals surface area (Å²) in [6.07, 6.45) is 3.81. The molecule has 0 saturated heterocycles. The zero-order chi connectivity index (χ0) is 11.3. The minimum atomic E-state index is -0.0254. The summed E-state index contributed by atoms with van der Waals surface area (Å²) in [5, 5.41) is 4.67. The van der Waals surface area contributed by atoms with Crippen LogP contribution in [-0.2, 0) is 11.0 Å². The molecule has 3 nitrogen and oxygen atoms in total. The van der Waals surface area contributed by atoms with Gasteiger partial charge in [0.2, 0.25) is 0 Å². The molecule has 0 amide bonds. The SMILES string of the molecule is CC1(c2cc(N)n(C(C)(C)C)n2)CCC1. The Labute approximate surface area is 91.7 Å². The van der Waals surface area contributed by atoms with Crippen molar-refractivity contribution < 1.29 is 0 Å². The van der Waals surface area contributed by atoms with Gasteiger partial charge in [0.1, 0.15) is 5.82 Å². The molecular formula is C12H21N3. The molecule has 0 radical (unpaired) electrons. The van der Waals surface area contributed by atoms with E-state index in [0.29, 0.717) is 0 Å². The molecule has 84 valence electrons. The van der Waals surface area contributed by atoms with Crippen molar-refractivity contribution in [3.05, 3.63) is 11.8 Å². The van der Waals surface area contributed by atoms with Gasteiger partial charge in [-0.3, -0.25) is 0 Å². The minimum absolute atomic E-state index is 0.0254. The van der Waals surface area contributed by atoms with E-state index in [1.165, 1.54) is 25.0 Å². The van der Waals surface area contributed by atoms with Crippen molar-refractivity contribution in [2.45, 2.75) is 57.9 Å². The van der Waals surface area contributed by atoms with Crippen LogP contribution in [0, 0.1) is 0 Å². The van der Waals surface area contributed by atoms with Gasteiger partial charge in [-0.25, -0.2) is 4.68 Å². The third-order valence-corrected chi connectivity index (χ3v) is 3.45. The molecule has 0 unspecified atom stereocenters.